The van der Waals surface area contributed by atoms with Crippen molar-refractivity contribution in [2.24, 2.45) is 16.8 Å². The van der Waals surface area contributed by atoms with E-state index in [1.165, 1.54) is 19.3 Å². The van der Waals surface area contributed by atoms with Crippen LogP contribution in [0.15, 0.2) is 23.2 Å². The van der Waals surface area contributed by atoms with Gasteiger partial charge in [0.2, 0.25) is 0 Å². The zero-order chi connectivity index (χ0) is 13.8. The van der Waals surface area contributed by atoms with E-state index in [2.05, 4.69) is 4.99 Å². The molecule has 0 aliphatic heterocycles. The van der Waals surface area contributed by atoms with Gasteiger partial charge >= 0.3 is 37.9 Å². The number of rotatable bonds is 2. The van der Waals surface area contributed by atoms with Gasteiger partial charge in [-0.1, -0.05) is 12.1 Å². The topological polar surface area (TPSA) is 32.6 Å². The Bertz CT molecular complexity index is 467. The first-order valence-electron chi connectivity index (χ1n) is 6.45. The second kappa shape index (κ2) is 7.24. The fraction of sp³-hybridized carbons (Fsp3) is 0.500. The quantitative estimate of drug-likeness (QED) is 0.766. The van der Waals surface area contributed by atoms with Crippen LogP contribution in [0.25, 0.3) is 0 Å². The summed E-state index contributed by atoms with van der Waals surface area (Å²) in [5.74, 6) is 2.19. The summed E-state index contributed by atoms with van der Waals surface area (Å²) in [6.07, 6.45) is 5.87. The van der Waals surface area contributed by atoms with Gasteiger partial charge in [-0.15, -0.1) is 0 Å². The molecule has 3 unspecified atom stereocenters. The predicted octanol–water partition coefficient (Wildman–Crippen LogP) is 4.29. The zero-order valence-electron chi connectivity index (χ0n) is 10.8. The van der Waals surface area contributed by atoms with Crippen LogP contribution in [0.2, 0.25) is 0 Å². The molecule has 0 radical (unpaired) electrons. The van der Waals surface area contributed by atoms with Gasteiger partial charge in [0.05, 0.1) is 6.04 Å². The molecule has 2 aliphatic carbocycles. The van der Waals surface area contributed by atoms with E-state index < -0.39 is 20.8 Å². The van der Waals surface area contributed by atoms with Crippen molar-refractivity contribution >= 4 is 23.2 Å². The van der Waals surface area contributed by atoms with Gasteiger partial charge < -0.3 is 5.11 Å². The molecule has 2 aliphatic rings. The van der Waals surface area contributed by atoms with Crippen molar-refractivity contribution in [2.75, 3.05) is 0 Å². The summed E-state index contributed by atoms with van der Waals surface area (Å²) in [5, 5.41) is 9.84. The number of nitrogens with zero attached hydrogens (tertiary/aromatic N) is 1. The molecule has 1 aromatic rings. The van der Waals surface area contributed by atoms with Gasteiger partial charge in [0.15, 0.2) is 0 Å². The van der Waals surface area contributed by atoms with Crippen LogP contribution in [0.5, 0.6) is 5.75 Å². The van der Waals surface area contributed by atoms with E-state index in [0.717, 1.165) is 23.0 Å². The number of hydrogen-bond acceptors (Lipinski definition) is 2. The van der Waals surface area contributed by atoms with Crippen molar-refractivity contribution in [1.82, 2.24) is 0 Å². The van der Waals surface area contributed by atoms with E-state index in [1.807, 2.05) is 31.3 Å². The van der Waals surface area contributed by atoms with E-state index in [1.54, 1.807) is 0 Å². The van der Waals surface area contributed by atoms with Crippen LogP contribution >= 0.6 is 17.0 Å². The van der Waals surface area contributed by atoms with Crippen LogP contribution in [0.4, 0.5) is 0 Å². The number of fused-ring (bicyclic) bond motifs is 1. The fourth-order valence-electron chi connectivity index (χ4n) is 2.82. The normalized spacial score (nSPS) is 27.6. The first-order valence-corrected chi connectivity index (χ1v) is 12.8. The Morgan fingerprint density at radius 2 is 2.11 bits per heavy atom. The standard InChI is InChI=1S/C14H17NO.2ClH.Zr/c1-9-3-2-4-11(14(9)16)8-15-13-7-10-5-6-12(10)13;;;/h2-4,8,10,12-13,16H,5-7H2,1H3;2*1H;/q;;;+2/p-2. The Labute approximate surface area is 132 Å². The maximum absolute atomic E-state index is 9.84. The molecule has 2 saturated carbocycles. The Morgan fingerprint density at radius 3 is 2.63 bits per heavy atom. The van der Waals surface area contributed by atoms with Crippen LogP contribution in [0.1, 0.15) is 30.4 Å². The van der Waals surface area contributed by atoms with Crippen LogP contribution in [-0.2, 0) is 20.8 Å². The molecule has 0 amide bonds. The number of aromatic hydroxyl groups is 1. The number of phenols is 1. The zero-order valence-corrected chi connectivity index (χ0v) is 14.8. The maximum atomic E-state index is 9.84. The average molecular weight is 377 g/mol. The second-order valence-corrected chi connectivity index (χ2v) is 8.90. The van der Waals surface area contributed by atoms with Gasteiger partial charge in [-0.2, -0.15) is 0 Å². The van der Waals surface area contributed by atoms with E-state index >= 15 is 0 Å². The summed E-state index contributed by atoms with van der Waals surface area (Å²) in [6, 6.07) is 6.32. The molecule has 19 heavy (non-hydrogen) atoms. The Balaban J connectivity index is 0.000000408. The van der Waals surface area contributed by atoms with E-state index in [0.29, 0.717) is 11.8 Å². The van der Waals surface area contributed by atoms with Crippen molar-refractivity contribution in [2.45, 2.75) is 32.2 Å². The number of para-hydroxylation sites is 1. The molecule has 3 rings (SSSR count). The molecule has 0 bridgehead atoms. The molecule has 0 spiro atoms. The fourth-order valence-corrected chi connectivity index (χ4v) is 2.82. The van der Waals surface area contributed by atoms with Crippen molar-refractivity contribution in [1.29, 1.82) is 0 Å². The van der Waals surface area contributed by atoms with Crippen LogP contribution in [-0.4, -0.2) is 17.4 Å². The molecule has 2 nitrogen and oxygen atoms in total. The van der Waals surface area contributed by atoms with Gasteiger partial charge in [-0.25, -0.2) is 0 Å². The number of benzene rings is 1. The first kappa shape index (κ1) is 15.5. The van der Waals surface area contributed by atoms with Gasteiger partial charge in [0, 0.05) is 11.8 Å². The van der Waals surface area contributed by atoms with E-state index in [9.17, 15) is 5.11 Å². The van der Waals surface area contributed by atoms with E-state index in [-0.39, 0.29) is 0 Å². The SMILES string of the molecule is Cc1cccc(C=NC2CC3CCC32)c1O.[Cl][Zr][Cl]. The number of halogens is 2. The molecule has 0 heterocycles. The molecule has 3 atom stereocenters. The van der Waals surface area contributed by atoms with Crippen molar-refractivity contribution < 1.29 is 26.0 Å². The summed E-state index contributed by atoms with van der Waals surface area (Å²) in [5.41, 5.74) is 1.77. The summed E-state index contributed by atoms with van der Waals surface area (Å²) >= 11 is -0.826. The molecular formula is C14H17Cl2NOZr. The number of aliphatic imine (C=N–C) groups is 1. The predicted molar refractivity (Wildman–Crippen MR) is 76.8 cm³/mol. The summed E-state index contributed by atoms with van der Waals surface area (Å²) in [4.78, 5) is 4.60. The molecule has 1 aromatic carbocycles. The van der Waals surface area contributed by atoms with Crippen molar-refractivity contribution in [3.05, 3.63) is 29.3 Å². The third kappa shape index (κ3) is 3.62. The molecule has 0 aromatic heterocycles. The third-order valence-corrected chi connectivity index (χ3v) is 4.19. The third-order valence-electron chi connectivity index (χ3n) is 4.19. The molecule has 2 fully saturated rings. The van der Waals surface area contributed by atoms with E-state index in [4.69, 9.17) is 17.0 Å². The van der Waals surface area contributed by atoms with Crippen molar-refractivity contribution in [3.63, 3.8) is 0 Å². The molecule has 5 heteroatoms. The Morgan fingerprint density at radius 1 is 1.37 bits per heavy atom. The molecule has 0 saturated heterocycles. The minimum absolute atomic E-state index is 0.371. The first-order chi connectivity index (χ1) is 9.17. The Kier molecular flexibility index (Phi) is 5.93. The molecule has 1 N–H and O–H groups in total. The van der Waals surface area contributed by atoms with Crippen LogP contribution in [0.3, 0.4) is 0 Å². The average Bonchev–Trinajstić information content (AvgIpc) is 2.36. The van der Waals surface area contributed by atoms with Gasteiger partial charge in [-0.05, 0) is 49.7 Å². The van der Waals surface area contributed by atoms with Crippen LogP contribution < -0.4 is 0 Å². The minimum atomic E-state index is -0.826. The Hall–Kier alpha value is 0.153. The van der Waals surface area contributed by atoms with Gasteiger partial charge in [0.25, 0.3) is 0 Å². The van der Waals surface area contributed by atoms with Crippen LogP contribution in [0, 0.1) is 18.8 Å². The van der Waals surface area contributed by atoms with Gasteiger partial charge in [0.1, 0.15) is 5.75 Å². The molecular weight excluding hydrogens is 360 g/mol. The monoisotopic (exact) mass is 375 g/mol. The van der Waals surface area contributed by atoms with Gasteiger partial charge in [-0.3, -0.25) is 4.99 Å². The second-order valence-electron chi connectivity index (χ2n) is 5.17. The number of aryl methyl sites for hydroxylation is 1. The van der Waals surface area contributed by atoms with Crippen molar-refractivity contribution in [3.8, 4) is 5.75 Å². The number of hydrogen-bond donors (Lipinski definition) is 1. The summed E-state index contributed by atoms with van der Waals surface area (Å²) < 4.78 is 0. The number of phenolic OH excluding ortho intramolecular Hbond substituents is 1. The summed E-state index contributed by atoms with van der Waals surface area (Å²) in [7, 11) is 9.87. The summed E-state index contributed by atoms with van der Waals surface area (Å²) in [6.45, 7) is 1.91. The molecule has 102 valence electrons.